The van der Waals surface area contributed by atoms with Crippen molar-refractivity contribution in [2.75, 3.05) is 0 Å². The summed E-state index contributed by atoms with van der Waals surface area (Å²) in [5.74, 6) is -0.770. The minimum atomic E-state index is -0.585. The predicted octanol–water partition coefficient (Wildman–Crippen LogP) is 3.80. The summed E-state index contributed by atoms with van der Waals surface area (Å²) < 4.78 is 15.7. The van der Waals surface area contributed by atoms with Gasteiger partial charge in [0.1, 0.15) is 23.0 Å². The van der Waals surface area contributed by atoms with Gasteiger partial charge in [0.25, 0.3) is 11.1 Å². The highest BCUT2D eigenvalue weighted by molar-refractivity contribution is 5.91. The van der Waals surface area contributed by atoms with E-state index in [2.05, 4.69) is 9.97 Å². The zero-order chi connectivity index (χ0) is 21.5. The average molecular weight is 413 g/mol. The number of nitrogens with zero attached hydrogens (tertiary/aromatic N) is 2. The summed E-state index contributed by atoms with van der Waals surface area (Å²) in [5.41, 5.74) is 0.0179. The Bertz CT molecular complexity index is 1590. The van der Waals surface area contributed by atoms with E-state index in [1.807, 2.05) is 0 Å². The lowest BCUT2D eigenvalue weighted by Crippen LogP contribution is -2.25. The Morgan fingerprint density at radius 1 is 0.903 bits per heavy atom. The second kappa shape index (κ2) is 7.21. The Kier molecular flexibility index (Phi) is 4.36. The number of aromatic nitrogens is 3. The molecule has 0 aliphatic heterocycles. The van der Waals surface area contributed by atoms with Crippen LogP contribution in [0, 0.1) is 5.82 Å². The van der Waals surface area contributed by atoms with Crippen molar-refractivity contribution < 1.29 is 9.50 Å². The Hall–Kier alpha value is -4.26. The molecule has 31 heavy (non-hydrogen) atoms. The highest BCUT2D eigenvalue weighted by Gasteiger charge is 2.21. The number of pyridine rings is 1. The molecule has 0 aliphatic rings. The van der Waals surface area contributed by atoms with Gasteiger partial charge in [0.15, 0.2) is 0 Å². The summed E-state index contributed by atoms with van der Waals surface area (Å²) in [6.07, 6.45) is 0. The van der Waals surface area contributed by atoms with Gasteiger partial charge in [-0.2, -0.15) is 0 Å². The van der Waals surface area contributed by atoms with Crippen LogP contribution in [0.15, 0.2) is 82.4 Å². The molecule has 0 saturated carbocycles. The summed E-state index contributed by atoms with van der Waals surface area (Å²) in [6.45, 7) is -0.0445. The first-order valence-electron chi connectivity index (χ1n) is 9.62. The normalized spacial score (nSPS) is 11.3. The number of hydrogen-bond donors (Lipinski definition) is 2. The van der Waals surface area contributed by atoms with E-state index in [0.29, 0.717) is 27.4 Å². The molecule has 0 atom stereocenters. The van der Waals surface area contributed by atoms with Crippen molar-refractivity contribution >= 4 is 21.8 Å². The monoisotopic (exact) mass is 413 g/mol. The van der Waals surface area contributed by atoms with E-state index in [0.717, 1.165) is 0 Å². The number of halogens is 1. The highest BCUT2D eigenvalue weighted by atomic mass is 19.1. The summed E-state index contributed by atoms with van der Waals surface area (Å²) >= 11 is 0. The van der Waals surface area contributed by atoms with Crippen LogP contribution in [-0.4, -0.2) is 19.6 Å². The molecule has 7 heteroatoms. The molecule has 5 aromatic rings. The molecule has 0 amide bonds. The van der Waals surface area contributed by atoms with Gasteiger partial charge < -0.3 is 14.7 Å². The molecule has 0 radical (unpaired) electrons. The first kappa shape index (κ1) is 18.7. The van der Waals surface area contributed by atoms with E-state index < -0.39 is 16.9 Å². The van der Waals surface area contributed by atoms with Crippen molar-refractivity contribution in [3.8, 4) is 17.1 Å². The second-order valence-corrected chi connectivity index (χ2v) is 7.16. The third kappa shape index (κ3) is 3.07. The van der Waals surface area contributed by atoms with Gasteiger partial charge in [-0.05, 0) is 30.3 Å². The van der Waals surface area contributed by atoms with Crippen molar-refractivity contribution in [3.63, 3.8) is 0 Å². The first-order chi connectivity index (χ1) is 15.0. The van der Waals surface area contributed by atoms with Crippen LogP contribution in [0.25, 0.3) is 33.2 Å². The van der Waals surface area contributed by atoms with Crippen molar-refractivity contribution in [1.29, 1.82) is 0 Å². The largest absolute Gasteiger partial charge is 0.506 e. The molecule has 0 fully saturated rings. The minimum Gasteiger partial charge on any atom is -0.506 e. The van der Waals surface area contributed by atoms with Crippen molar-refractivity contribution in [2.24, 2.45) is 0 Å². The fraction of sp³-hybridized carbons (Fsp3) is 0.0417. The summed E-state index contributed by atoms with van der Waals surface area (Å²) in [4.78, 5) is 33.0. The maximum absolute atomic E-state index is 14.3. The highest BCUT2D eigenvalue weighted by Crippen LogP contribution is 2.31. The van der Waals surface area contributed by atoms with Gasteiger partial charge >= 0.3 is 0 Å². The molecule has 6 nitrogen and oxygen atoms in total. The number of benzene rings is 3. The van der Waals surface area contributed by atoms with Gasteiger partial charge in [-0.25, -0.2) is 9.37 Å². The Labute approximate surface area is 174 Å². The molecule has 152 valence electrons. The van der Waals surface area contributed by atoms with E-state index >= 15 is 0 Å². The smallest absolute Gasteiger partial charge is 0.266 e. The summed E-state index contributed by atoms with van der Waals surface area (Å²) in [7, 11) is 0. The third-order valence-electron chi connectivity index (χ3n) is 5.28. The lowest BCUT2D eigenvalue weighted by Gasteiger charge is -2.15. The maximum atomic E-state index is 14.3. The molecule has 3 aromatic carbocycles. The van der Waals surface area contributed by atoms with Crippen LogP contribution in [0.1, 0.15) is 5.56 Å². The number of nitrogens with one attached hydrogen (secondary N) is 1. The van der Waals surface area contributed by atoms with Crippen LogP contribution in [0.4, 0.5) is 4.39 Å². The van der Waals surface area contributed by atoms with E-state index in [1.54, 1.807) is 66.7 Å². The van der Waals surface area contributed by atoms with Crippen molar-refractivity contribution in [1.82, 2.24) is 14.5 Å². The molecule has 0 aliphatic carbocycles. The number of hydrogen-bond acceptors (Lipinski definition) is 4. The van der Waals surface area contributed by atoms with Gasteiger partial charge in [0.05, 0.1) is 23.0 Å². The fourth-order valence-corrected chi connectivity index (χ4v) is 3.76. The van der Waals surface area contributed by atoms with E-state index in [1.165, 1.54) is 10.6 Å². The van der Waals surface area contributed by atoms with Gasteiger partial charge in [0, 0.05) is 10.9 Å². The van der Waals surface area contributed by atoms with Crippen LogP contribution in [0.2, 0.25) is 0 Å². The number of H-pyrrole nitrogens is 1. The average Bonchev–Trinajstić information content (AvgIpc) is 2.78. The Morgan fingerprint density at radius 2 is 1.58 bits per heavy atom. The molecule has 0 bridgehead atoms. The molecular formula is C24H16FN3O3. The molecule has 5 rings (SSSR count). The second-order valence-electron chi connectivity index (χ2n) is 7.16. The quantitative estimate of drug-likeness (QED) is 0.471. The number of aromatic amines is 1. The van der Waals surface area contributed by atoms with E-state index in [-0.39, 0.29) is 23.7 Å². The van der Waals surface area contributed by atoms with Crippen LogP contribution in [0.5, 0.6) is 5.75 Å². The summed E-state index contributed by atoms with van der Waals surface area (Å²) in [6, 6.07) is 19.7. The Balaban J connectivity index is 1.83. The predicted molar refractivity (Wildman–Crippen MR) is 117 cm³/mol. The minimum absolute atomic E-state index is 0.0424. The zero-order valence-corrected chi connectivity index (χ0v) is 16.2. The van der Waals surface area contributed by atoms with E-state index in [9.17, 15) is 19.1 Å². The lowest BCUT2D eigenvalue weighted by molar-refractivity contribution is 0.480. The van der Waals surface area contributed by atoms with Crippen LogP contribution in [-0.2, 0) is 6.54 Å². The van der Waals surface area contributed by atoms with Crippen molar-refractivity contribution in [2.45, 2.75) is 6.54 Å². The number of aromatic hydroxyl groups is 1. The van der Waals surface area contributed by atoms with Gasteiger partial charge in [-0.15, -0.1) is 0 Å². The maximum Gasteiger partial charge on any atom is 0.266 e. The van der Waals surface area contributed by atoms with Gasteiger partial charge in [-0.1, -0.05) is 42.5 Å². The summed E-state index contributed by atoms with van der Waals surface area (Å²) in [5, 5.41) is 11.7. The Morgan fingerprint density at radius 3 is 2.39 bits per heavy atom. The van der Waals surface area contributed by atoms with Crippen LogP contribution < -0.4 is 11.1 Å². The fourth-order valence-electron chi connectivity index (χ4n) is 3.76. The standard InChI is InChI=1S/C24H16FN3O3/c25-17-10-4-1-7-14(17)13-28-19-12-6-3-9-16(19)21(29)20(24(28)31)22-26-18-11-5-2-8-15(18)23(30)27-22/h1-12,29H,13H2,(H,26,27,30). The molecule has 0 unspecified atom stereocenters. The molecular weight excluding hydrogens is 397 g/mol. The third-order valence-corrected chi connectivity index (χ3v) is 5.28. The number of para-hydroxylation sites is 2. The molecule has 2 heterocycles. The van der Waals surface area contributed by atoms with Gasteiger partial charge in [0.2, 0.25) is 0 Å². The molecule has 0 spiro atoms. The lowest BCUT2D eigenvalue weighted by atomic mass is 10.1. The molecule has 2 N–H and O–H groups in total. The number of rotatable bonds is 3. The first-order valence-corrected chi connectivity index (χ1v) is 9.62. The molecule has 2 aromatic heterocycles. The van der Waals surface area contributed by atoms with E-state index in [4.69, 9.17) is 0 Å². The van der Waals surface area contributed by atoms with Crippen molar-refractivity contribution in [3.05, 3.63) is 105 Å². The van der Waals surface area contributed by atoms with Gasteiger partial charge in [-0.3, -0.25) is 9.59 Å². The van der Waals surface area contributed by atoms with Crippen LogP contribution in [0.3, 0.4) is 0 Å². The zero-order valence-electron chi connectivity index (χ0n) is 16.2. The number of fused-ring (bicyclic) bond motifs is 2. The molecule has 0 saturated heterocycles. The SMILES string of the molecule is O=c1[nH]c(-c2c(O)c3ccccc3n(Cc3ccccc3F)c2=O)nc2ccccc12. The topological polar surface area (TPSA) is 88.0 Å². The van der Waals surface area contributed by atoms with Crippen LogP contribution >= 0.6 is 0 Å².